The first-order valence-corrected chi connectivity index (χ1v) is 8.07. The van der Waals surface area contributed by atoms with Crippen LogP contribution in [0.3, 0.4) is 0 Å². The molecule has 0 amide bonds. The number of rotatable bonds is 3. The van der Waals surface area contributed by atoms with Gasteiger partial charge in [-0.2, -0.15) is 0 Å². The highest BCUT2D eigenvalue weighted by Gasteiger charge is 2.24. The molecule has 3 heteroatoms. The molecule has 2 aromatic rings. The fourth-order valence-corrected chi connectivity index (χ4v) is 3.98. The highest BCUT2D eigenvalue weighted by molar-refractivity contribution is 7.99. The van der Waals surface area contributed by atoms with E-state index in [0.29, 0.717) is 0 Å². The van der Waals surface area contributed by atoms with Crippen LogP contribution in [0.25, 0.3) is 0 Å². The van der Waals surface area contributed by atoms with Gasteiger partial charge in [-0.05, 0) is 49.7 Å². The molecule has 0 saturated carbocycles. The van der Waals surface area contributed by atoms with Gasteiger partial charge in [-0.15, -0.1) is 0 Å². The SMILES string of the molecule is c1ccc2c(c1)Sc1ccccc1N2CCC1CNC1. The average molecular weight is 282 g/mol. The molecule has 20 heavy (non-hydrogen) atoms. The molecule has 2 aromatic carbocycles. The van der Waals surface area contributed by atoms with Gasteiger partial charge in [0.2, 0.25) is 0 Å². The van der Waals surface area contributed by atoms with Gasteiger partial charge in [0.15, 0.2) is 0 Å². The van der Waals surface area contributed by atoms with E-state index in [0.717, 1.165) is 12.5 Å². The van der Waals surface area contributed by atoms with Crippen LogP contribution >= 0.6 is 11.8 Å². The Hall–Kier alpha value is -1.45. The summed E-state index contributed by atoms with van der Waals surface area (Å²) >= 11 is 1.89. The van der Waals surface area contributed by atoms with Crippen molar-refractivity contribution in [3.8, 4) is 0 Å². The number of hydrogen-bond acceptors (Lipinski definition) is 3. The predicted molar refractivity (Wildman–Crippen MR) is 85.0 cm³/mol. The number of para-hydroxylation sites is 2. The van der Waals surface area contributed by atoms with Gasteiger partial charge in [0.05, 0.1) is 11.4 Å². The lowest BCUT2D eigenvalue weighted by Gasteiger charge is -2.35. The molecule has 0 bridgehead atoms. The summed E-state index contributed by atoms with van der Waals surface area (Å²) < 4.78 is 0. The summed E-state index contributed by atoms with van der Waals surface area (Å²) in [5.41, 5.74) is 2.73. The van der Waals surface area contributed by atoms with Gasteiger partial charge in [0.25, 0.3) is 0 Å². The first kappa shape index (κ1) is 12.3. The van der Waals surface area contributed by atoms with Crippen molar-refractivity contribution in [1.29, 1.82) is 0 Å². The molecule has 0 spiro atoms. The summed E-state index contributed by atoms with van der Waals surface area (Å²) in [7, 11) is 0. The largest absolute Gasteiger partial charge is 0.340 e. The summed E-state index contributed by atoms with van der Waals surface area (Å²) in [4.78, 5) is 5.25. The van der Waals surface area contributed by atoms with Crippen molar-refractivity contribution in [2.24, 2.45) is 5.92 Å². The van der Waals surface area contributed by atoms with Crippen LogP contribution in [0, 0.1) is 5.92 Å². The number of anilines is 2. The molecule has 0 aliphatic carbocycles. The number of fused-ring (bicyclic) bond motifs is 2. The first-order chi connectivity index (χ1) is 9.92. The maximum Gasteiger partial charge on any atom is 0.0552 e. The zero-order chi connectivity index (χ0) is 13.4. The number of hydrogen-bond donors (Lipinski definition) is 1. The van der Waals surface area contributed by atoms with Crippen LogP contribution < -0.4 is 10.2 Å². The summed E-state index contributed by atoms with van der Waals surface area (Å²) in [5, 5.41) is 3.36. The van der Waals surface area contributed by atoms with Crippen LogP contribution in [0.1, 0.15) is 6.42 Å². The van der Waals surface area contributed by atoms with Gasteiger partial charge in [-0.1, -0.05) is 36.0 Å². The summed E-state index contributed by atoms with van der Waals surface area (Å²) in [6, 6.07) is 17.5. The van der Waals surface area contributed by atoms with Crippen molar-refractivity contribution < 1.29 is 0 Å². The Bertz CT molecular complexity index is 576. The summed E-state index contributed by atoms with van der Waals surface area (Å²) in [6.07, 6.45) is 1.26. The number of benzene rings is 2. The van der Waals surface area contributed by atoms with E-state index < -0.39 is 0 Å². The molecule has 0 unspecified atom stereocenters. The molecular weight excluding hydrogens is 264 g/mol. The van der Waals surface area contributed by atoms with Crippen LogP contribution in [0.5, 0.6) is 0 Å². The first-order valence-electron chi connectivity index (χ1n) is 7.26. The smallest absolute Gasteiger partial charge is 0.0552 e. The Kier molecular flexibility index (Phi) is 3.17. The fourth-order valence-electron chi connectivity index (χ4n) is 2.89. The maximum absolute atomic E-state index is 3.36. The van der Waals surface area contributed by atoms with Crippen molar-refractivity contribution >= 4 is 23.1 Å². The van der Waals surface area contributed by atoms with Crippen molar-refractivity contribution in [3.05, 3.63) is 48.5 Å². The second-order valence-electron chi connectivity index (χ2n) is 5.50. The zero-order valence-corrected chi connectivity index (χ0v) is 12.2. The van der Waals surface area contributed by atoms with Crippen LogP contribution in [-0.2, 0) is 0 Å². The minimum absolute atomic E-state index is 0.851. The molecule has 2 aliphatic heterocycles. The lowest BCUT2D eigenvalue weighted by atomic mass is 9.99. The normalized spacial score (nSPS) is 17.3. The highest BCUT2D eigenvalue weighted by Crippen LogP contribution is 2.47. The molecule has 1 N–H and O–H groups in total. The molecule has 0 radical (unpaired) electrons. The van der Waals surface area contributed by atoms with Gasteiger partial charge >= 0.3 is 0 Å². The van der Waals surface area contributed by atoms with E-state index in [1.807, 2.05) is 11.8 Å². The second-order valence-corrected chi connectivity index (χ2v) is 6.59. The van der Waals surface area contributed by atoms with E-state index in [9.17, 15) is 0 Å². The molecule has 2 nitrogen and oxygen atoms in total. The molecule has 2 aliphatic rings. The van der Waals surface area contributed by atoms with Crippen molar-refractivity contribution in [3.63, 3.8) is 0 Å². The molecule has 102 valence electrons. The van der Waals surface area contributed by atoms with Crippen molar-refractivity contribution in [2.75, 3.05) is 24.5 Å². The second kappa shape index (κ2) is 5.15. The summed E-state index contributed by atoms with van der Waals surface area (Å²) in [5.74, 6) is 0.851. The Morgan fingerprint density at radius 1 is 0.950 bits per heavy atom. The minimum atomic E-state index is 0.851. The van der Waals surface area contributed by atoms with Gasteiger partial charge in [-0.3, -0.25) is 0 Å². The Balaban J connectivity index is 1.68. The molecule has 0 atom stereocenters. The Morgan fingerprint density at radius 2 is 1.55 bits per heavy atom. The molecule has 0 aromatic heterocycles. The molecule has 4 rings (SSSR count). The average Bonchev–Trinajstić information content (AvgIpc) is 2.45. The standard InChI is InChI=1S/C17H18N2S/c1-3-7-16-14(5-1)19(10-9-13-11-18-12-13)15-6-2-4-8-17(15)20-16/h1-8,13,18H,9-12H2. The highest BCUT2D eigenvalue weighted by atomic mass is 32.2. The topological polar surface area (TPSA) is 15.3 Å². The lowest BCUT2D eigenvalue weighted by Crippen LogP contribution is -2.43. The van der Waals surface area contributed by atoms with E-state index in [1.54, 1.807) is 0 Å². The van der Waals surface area contributed by atoms with E-state index in [2.05, 4.69) is 58.7 Å². The minimum Gasteiger partial charge on any atom is -0.340 e. The van der Waals surface area contributed by atoms with Crippen LogP contribution in [0.15, 0.2) is 58.3 Å². The Morgan fingerprint density at radius 3 is 2.10 bits per heavy atom. The van der Waals surface area contributed by atoms with E-state index in [-0.39, 0.29) is 0 Å². The quantitative estimate of drug-likeness (QED) is 0.919. The van der Waals surface area contributed by atoms with E-state index >= 15 is 0 Å². The third-order valence-corrected chi connectivity index (χ3v) is 5.29. The predicted octanol–water partition coefficient (Wildman–Crippen LogP) is 3.90. The van der Waals surface area contributed by atoms with Crippen molar-refractivity contribution in [1.82, 2.24) is 5.32 Å². The molecular formula is C17H18N2S. The van der Waals surface area contributed by atoms with E-state index in [4.69, 9.17) is 0 Å². The monoisotopic (exact) mass is 282 g/mol. The lowest BCUT2D eigenvalue weighted by molar-refractivity contribution is 0.331. The van der Waals surface area contributed by atoms with Gasteiger partial charge in [0.1, 0.15) is 0 Å². The van der Waals surface area contributed by atoms with Crippen LogP contribution in [0.4, 0.5) is 11.4 Å². The van der Waals surface area contributed by atoms with Gasteiger partial charge in [0, 0.05) is 16.3 Å². The van der Waals surface area contributed by atoms with Crippen LogP contribution in [0.2, 0.25) is 0 Å². The molecule has 2 heterocycles. The molecule has 1 saturated heterocycles. The fraction of sp³-hybridized carbons (Fsp3) is 0.294. The Labute approximate surface area is 124 Å². The van der Waals surface area contributed by atoms with E-state index in [1.165, 1.54) is 40.7 Å². The number of nitrogens with one attached hydrogen (secondary N) is 1. The van der Waals surface area contributed by atoms with Gasteiger partial charge in [-0.25, -0.2) is 0 Å². The summed E-state index contributed by atoms with van der Waals surface area (Å²) in [6.45, 7) is 3.48. The third kappa shape index (κ3) is 2.11. The van der Waals surface area contributed by atoms with Crippen molar-refractivity contribution in [2.45, 2.75) is 16.2 Å². The zero-order valence-electron chi connectivity index (χ0n) is 11.4. The van der Waals surface area contributed by atoms with Crippen LogP contribution in [-0.4, -0.2) is 19.6 Å². The maximum atomic E-state index is 3.36. The van der Waals surface area contributed by atoms with Gasteiger partial charge < -0.3 is 10.2 Å². The molecule has 1 fully saturated rings. The number of nitrogens with zero attached hydrogens (tertiary/aromatic N) is 1. The third-order valence-electron chi connectivity index (χ3n) is 4.16.